The molecular weight excluding hydrogens is 621 g/mol. The zero-order valence-corrected chi connectivity index (χ0v) is 23.2. The maximum atomic E-state index is 13.7. The molecule has 1 amide bonds. The molecule has 0 radical (unpaired) electrons. The number of pyridine rings is 2. The van der Waals surface area contributed by atoms with Gasteiger partial charge in [-0.15, -0.1) is 24.8 Å². The van der Waals surface area contributed by atoms with Crippen LogP contribution in [0.4, 0.5) is 4.39 Å². The molecule has 0 saturated heterocycles. The predicted molar refractivity (Wildman–Crippen MR) is 153 cm³/mol. The Hall–Kier alpha value is -2.47. The number of nitrogens with zero attached hydrogens (tertiary/aromatic N) is 3. The van der Waals surface area contributed by atoms with Crippen LogP contribution < -0.4 is 15.9 Å². The summed E-state index contributed by atoms with van der Waals surface area (Å²) in [4.78, 5) is 31.2. The summed E-state index contributed by atoms with van der Waals surface area (Å²) in [7, 11) is 0. The standard InChI is InChI=1S/C25H24FIN4O3.2ClH/c1-2-30(13-14-34-21-7-4-10-29-24(21)26)11-12-31-20-9-8-16(27)15-19(20)23(32)17-5-3-6-18(22(17)31)25(28)33;;/h3-10,15H,2,11-14H2,1H3,(H2,28,33);2*1H. The SMILES string of the molecule is CCN(CCOc1cccnc1F)CCn1c2ccc(I)cc2c(=O)c2cccc(C(N)=O)c21.Cl.Cl. The summed E-state index contributed by atoms with van der Waals surface area (Å²) in [6.07, 6.45) is 1.38. The normalized spacial score (nSPS) is 10.8. The van der Waals surface area contributed by atoms with Crippen LogP contribution in [0.25, 0.3) is 21.8 Å². The molecule has 0 saturated carbocycles. The number of nitrogens with two attached hydrogens (primary N) is 1. The van der Waals surface area contributed by atoms with Crippen LogP contribution in [0.1, 0.15) is 17.3 Å². The van der Waals surface area contributed by atoms with Crippen molar-refractivity contribution in [3.63, 3.8) is 0 Å². The number of hydrogen-bond donors (Lipinski definition) is 1. The lowest BCUT2D eigenvalue weighted by atomic mass is 10.0. The number of aromatic nitrogens is 2. The number of carbonyl (C=O) groups excluding carboxylic acids is 1. The molecule has 36 heavy (non-hydrogen) atoms. The highest BCUT2D eigenvalue weighted by molar-refractivity contribution is 14.1. The van der Waals surface area contributed by atoms with Crippen molar-refractivity contribution in [2.75, 3.05) is 26.2 Å². The van der Waals surface area contributed by atoms with Gasteiger partial charge in [-0.2, -0.15) is 4.39 Å². The number of hydrogen-bond acceptors (Lipinski definition) is 5. The summed E-state index contributed by atoms with van der Waals surface area (Å²) >= 11 is 2.18. The van der Waals surface area contributed by atoms with Crippen molar-refractivity contribution in [3.05, 3.63) is 80.0 Å². The molecule has 2 N–H and O–H groups in total. The van der Waals surface area contributed by atoms with E-state index in [2.05, 4.69) is 32.5 Å². The van der Waals surface area contributed by atoms with Crippen molar-refractivity contribution in [1.29, 1.82) is 0 Å². The topological polar surface area (TPSA) is 90.4 Å². The lowest BCUT2D eigenvalue weighted by Gasteiger charge is -2.23. The van der Waals surface area contributed by atoms with Crippen LogP contribution in [0, 0.1) is 9.52 Å². The summed E-state index contributed by atoms with van der Waals surface area (Å²) in [5, 5.41) is 1.06. The van der Waals surface area contributed by atoms with Crippen molar-refractivity contribution in [2.45, 2.75) is 13.5 Å². The molecule has 0 aliphatic heterocycles. The van der Waals surface area contributed by atoms with Gasteiger partial charge >= 0.3 is 0 Å². The van der Waals surface area contributed by atoms with E-state index in [9.17, 15) is 14.0 Å². The molecule has 0 aliphatic rings. The first kappa shape index (κ1) is 29.8. The monoisotopic (exact) mass is 646 g/mol. The molecule has 2 heterocycles. The highest BCUT2D eigenvalue weighted by atomic mass is 127. The second-order valence-electron chi connectivity index (χ2n) is 7.78. The third-order valence-electron chi connectivity index (χ3n) is 5.79. The van der Waals surface area contributed by atoms with Crippen molar-refractivity contribution in [3.8, 4) is 5.75 Å². The predicted octanol–water partition coefficient (Wildman–Crippen LogP) is 4.64. The van der Waals surface area contributed by atoms with Gasteiger partial charge in [-0.3, -0.25) is 14.5 Å². The van der Waals surface area contributed by atoms with E-state index in [1.807, 2.05) is 29.7 Å². The Morgan fingerprint density at radius 1 is 1.14 bits per heavy atom. The zero-order valence-electron chi connectivity index (χ0n) is 19.4. The Kier molecular flexibility index (Phi) is 10.9. The number of halogens is 4. The molecule has 0 fully saturated rings. The Labute approximate surface area is 233 Å². The summed E-state index contributed by atoms with van der Waals surface area (Å²) in [5.41, 5.74) is 7.14. The second kappa shape index (κ2) is 13.2. The van der Waals surface area contributed by atoms with Crippen LogP contribution in [0.5, 0.6) is 5.75 Å². The highest BCUT2D eigenvalue weighted by Gasteiger charge is 2.17. The maximum Gasteiger partial charge on any atom is 0.255 e. The van der Waals surface area contributed by atoms with Gasteiger partial charge in [-0.25, -0.2) is 4.98 Å². The molecule has 4 aromatic rings. The average Bonchev–Trinajstić information content (AvgIpc) is 2.83. The summed E-state index contributed by atoms with van der Waals surface area (Å²) < 4.78 is 22.2. The number of primary amides is 1. The molecule has 2 aromatic carbocycles. The van der Waals surface area contributed by atoms with Crippen LogP contribution in [0.3, 0.4) is 0 Å². The minimum Gasteiger partial charge on any atom is -0.487 e. The van der Waals surface area contributed by atoms with E-state index in [1.54, 1.807) is 30.3 Å². The van der Waals surface area contributed by atoms with Gasteiger partial charge in [0, 0.05) is 40.2 Å². The Bertz CT molecular complexity index is 1430. The molecule has 192 valence electrons. The van der Waals surface area contributed by atoms with Gasteiger partial charge in [0.25, 0.3) is 11.9 Å². The van der Waals surface area contributed by atoms with Crippen LogP contribution in [0.15, 0.2) is 59.5 Å². The van der Waals surface area contributed by atoms with Crippen LogP contribution >= 0.6 is 47.4 Å². The van der Waals surface area contributed by atoms with E-state index in [0.29, 0.717) is 48.1 Å². The third-order valence-corrected chi connectivity index (χ3v) is 6.46. The van der Waals surface area contributed by atoms with E-state index in [0.717, 1.165) is 15.6 Å². The van der Waals surface area contributed by atoms with E-state index in [-0.39, 0.29) is 36.0 Å². The largest absolute Gasteiger partial charge is 0.487 e. The van der Waals surface area contributed by atoms with Crippen molar-refractivity contribution < 1.29 is 13.9 Å². The quantitative estimate of drug-likeness (QED) is 0.163. The molecule has 7 nitrogen and oxygen atoms in total. The van der Waals surface area contributed by atoms with E-state index in [4.69, 9.17) is 10.5 Å². The Morgan fingerprint density at radius 2 is 1.92 bits per heavy atom. The number of ether oxygens (including phenoxy) is 1. The maximum absolute atomic E-state index is 13.7. The first-order valence-electron chi connectivity index (χ1n) is 10.9. The van der Waals surface area contributed by atoms with Crippen LogP contribution in [-0.4, -0.2) is 46.6 Å². The van der Waals surface area contributed by atoms with Gasteiger partial charge in [-0.1, -0.05) is 13.0 Å². The molecule has 4 rings (SSSR count). The number of fused-ring (bicyclic) bond motifs is 2. The summed E-state index contributed by atoms with van der Waals surface area (Å²) in [6.45, 7) is 4.79. The van der Waals surface area contributed by atoms with E-state index >= 15 is 0 Å². The Morgan fingerprint density at radius 3 is 2.61 bits per heavy atom. The third kappa shape index (κ3) is 6.26. The molecule has 2 aromatic heterocycles. The molecule has 0 unspecified atom stereocenters. The van der Waals surface area contributed by atoms with Gasteiger partial charge in [0.1, 0.15) is 6.61 Å². The van der Waals surface area contributed by atoms with Gasteiger partial charge in [-0.05, 0) is 71.6 Å². The second-order valence-corrected chi connectivity index (χ2v) is 9.03. The van der Waals surface area contributed by atoms with Gasteiger partial charge in [0.05, 0.1) is 16.6 Å². The zero-order chi connectivity index (χ0) is 24.2. The molecular formula is C25H26Cl2FIN4O3. The first-order chi connectivity index (χ1) is 16.4. The Balaban J connectivity index is 0.00000228. The number of carbonyl (C=O) groups is 1. The van der Waals surface area contributed by atoms with Crippen molar-refractivity contribution in [2.24, 2.45) is 5.73 Å². The smallest absolute Gasteiger partial charge is 0.255 e. The van der Waals surface area contributed by atoms with Crippen LogP contribution in [0.2, 0.25) is 0 Å². The highest BCUT2D eigenvalue weighted by Crippen LogP contribution is 2.24. The molecule has 0 spiro atoms. The minimum absolute atomic E-state index is 0. The number of amides is 1. The lowest BCUT2D eigenvalue weighted by Crippen LogP contribution is -2.32. The molecule has 0 atom stereocenters. The summed E-state index contributed by atoms with van der Waals surface area (Å²) in [5.74, 6) is -1.09. The first-order valence-corrected chi connectivity index (χ1v) is 12.0. The molecule has 0 aliphatic carbocycles. The average molecular weight is 647 g/mol. The number of benzene rings is 2. The van der Waals surface area contributed by atoms with Gasteiger partial charge in [0.15, 0.2) is 11.2 Å². The molecule has 0 bridgehead atoms. The lowest BCUT2D eigenvalue weighted by molar-refractivity contribution is 0.100. The van der Waals surface area contributed by atoms with E-state index in [1.165, 1.54) is 6.20 Å². The van der Waals surface area contributed by atoms with Crippen molar-refractivity contribution >= 4 is 75.1 Å². The number of likely N-dealkylation sites (N-methyl/N-ethyl adjacent to an activating group) is 1. The molecule has 11 heteroatoms. The minimum atomic E-state index is -0.634. The van der Waals surface area contributed by atoms with E-state index < -0.39 is 11.9 Å². The van der Waals surface area contributed by atoms with Crippen molar-refractivity contribution in [1.82, 2.24) is 14.5 Å². The van der Waals surface area contributed by atoms with Gasteiger partial charge < -0.3 is 15.0 Å². The number of para-hydroxylation sites is 1. The van der Waals surface area contributed by atoms with Gasteiger partial charge in [0.2, 0.25) is 0 Å². The number of rotatable bonds is 9. The summed E-state index contributed by atoms with van der Waals surface area (Å²) in [6, 6.07) is 13.9. The fraction of sp³-hybridized carbons (Fsp3) is 0.240. The fourth-order valence-electron chi connectivity index (χ4n) is 4.07. The van der Waals surface area contributed by atoms with Crippen LogP contribution in [-0.2, 0) is 6.54 Å². The fourth-order valence-corrected chi connectivity index (χ4v) is 4.56.